The van der Waals surface area contributed by atoms with Gasteiger partial charge in [0.2, 0.25) is 5.91 Å². The number of alkyl carbamates (subject to hydrolysis) is 1. The van der Waals surface area contributed by atoms with Gasteiger partial charge in [0.25, 0.3) is 0 Å². The zero-order valence-electron chi connectivity index (χ0n) is 14.5. The van der Waals surface area contributed by atoms with Gasteiger partial charge in [-0.05, 0) is 51.8 Å². The minimum absolute atomic E-state index is 0.00705. The number of benzene rings is 1. The fourth-order valence-electron chi connectivity index (χ4n) is 1.90. The molecule has 0 fully saturated rings. The molecule has 0 spiro atoms. The molecule has 7 heteroatoms. The minimum Gasteiger partial charge on any atom is -0.488 e. The van der Waals surface area contributed by atoms with Crippen LogP contribution >= 0.6 is 0 Å². The van der Waals surface area contributed by atoms with Crippen molar-refractivity contribution in [2.24, 2.45) is 5.73 Å². The van der Waals surface area contributed by atoms with Crippen LogP contribution in [0.15, 0.2) is 18.2 Å². The maximum absolute atomic E-state index is 13.7. The maximum Gasteiger partial charge on any atom is 0.407 e. The number of nitrogens with one attached hydrogen (secondary N) is 1. The molecule has 1 aromatic carbocycles. The smallest absolute Gasteiger partial charge is 0.407 e. The first kappa shape index (κ1) is 19.7. The van der Waals surface area contributed by atoms with E-state index in [1.807, 2.05) is 6.92 Å². The molecule has 0 radical (unpaired) electrons. The number of carbonyl (C=O) groups excluding carboxylic acids is 2. The van der Waals surface area contributed by atoms with Crippen molar-refractivity contribution in [2.45, 2.75) is 52.2 Å². The number of carbonyl (C=O) groups is 2. The monoisotopic (exact) mass is 340 g/mol. The number of aryl methyl sites for hydroxylation is 1. The van der Waals surface area contributed by atoms with E-state index in [9.17, 15) is 14.0 Å². The fourth-order valence-corrected chi connectivity index (χ4v) is 1.90. The summed E-state index contributed by atoms with van der Waals surface area (Å²) in [5.74, 6) is -0.899. The van der Waals surface area contributed by atoms with Crippen LogP contribution in [-0.4, -0.2) is 30.3 Å². The molecule has 1 rings (SSSR count). The number of rotatable bonds is 7. The van der Waals surface area contributed by atoms with Gasteiger partial charge in [-0.2, -0.15) is 0 Å². The Hall–Kier alpha value is -2.31. The van der Waals surface area contributed by atoms with E-state index in [1.54, 1.807) is 32.9 Å². The number of ether oxygens (including phenoxy) is 2. The van der Waals surface area contributed by atoms with Gasteiger partial charge in [0.15, 0.2) is 11.6 Å². The van der Waals surface area contributed by atoms with Crippen LogP contribution in [0.2, 0.25) is 0 Å². The summed E-state index contributed by atoms with van der Waals surface area (Å²) in [7, 11) is 0. The molecule has 0 saturated carbocycles. The Bertz CT molecular complexity index is 584. The molecule has 134 valence electrons. The van der Waals surface area contributed by atoms with Gasteiger partial charge in [-0.3, -0.25) is 4.79 Å². The highest BCUT2D eigenvalue weighted by Gasteiger charge is 2.20. The molecule has 0 aromatic heterocycles. The Morgan fingerprint density at radius 3 is 2.58 bits per heavy atom. The van der Waals surface area contributed by atoms with Crippen molar-refractivity contribution >= 4 is 12.0 Å². The molecule has 0 aliphatic carbocycles. The molecular formula is C17H25FN2O4. The number of primary amides is 1. The van der Waals surface area contributed by atoms with Crippen LogP contribution in [0.4, 0.5) is 9.18 Å². The Morgan fingerprint density at radius 2 is 2.00 bits per heavy atom. The SMILES string of the molecule is Cc1ccc(F)c(OC[C@H](CCC(N)=O)NC(=O)OC(C)(C)C)c1. The Morgan fingerprint density at radius 1 is 1.33 bits per heavy atom. The summed E-state index contributed by atoms with van der Waals surface area (Å²) in [5, 5.41) is 2.62. The molecule has 6 nitrogen and oxygen atoms in total. The predicted octanol–water partition coefficient (Wildman–Crippen LogP) is 2.67. The molecule has 1 aromatic rings. The average molecular weight is 340 g/mol. The van der Waals surface area contributed by atoms with Gasteiger partial charge in [-0.25, -0.2) is 9.18 Å². The van der Waals surface area contributed by atoms with Crippen molar-refractivity contribution in [2.75, 3.05) is 6.61 Å². The van der Waals surface area contributed by atoms with E-state index < -0.39 is 29.5 Å². The number of hydrogen-bond acceptors (Lipinski definition) is 4. The van der Waals surface area contributed by atoms with Crippen molar-refractivity contribution in [3.8, 4) is 5.75 Å². The standard InChI is InChI=1S/C17H25FN2O4/c1-11-5-7-13(18)14(9-11)23-10-12(6-8-15(19)21)20-16(22)24-17(2,3)4/h5,7,9,12H,6,8,10H2,1-4H3,(H2,19,21)(H,20,22)/t12-/m0/s1. The highest BCUT2D eigenvalue weighted by Crippen LogP contribution is 2.19. The summed E-state index contributed by atoms with van der Waals surface area (Å²) >= 11 is 0. The molecule has 0 aliphatic heterocycles. The molecule has 3 N–H and O–H groups in total. The number of halogens is 1. The third kappa shape index (κ3) is 7.80. The zero-order valence-corrected chi connectivity index (χ0v) is 14.5. The van der Waals surface area contributed by atoms with Crippen LogP contribution in [0.25, 0.3) is 0 Å². The second kappa shape index (κ2) is 8.52. The molecule has 1 atom stereocenters. The van der Waals surface area contributed by atoms with Crippen molar-refractivity contribution < 1.29 is 23.5 Å². The van der Waals surface area contributed by atoms with Crippen molar-refractivity contribution in [1.82, 2.24) is 5.32 Å². The second-order valence-corrected chi connectivity index (χ2v) is 6.59. The topological polar surface area (TPSA) is 90.6 Å². The van der Waals surface area contributed by atoms with E-state index in [-0.39, 0.29) is 25.2 Å². The largest absolute Gasteiger partial charge is 0.488 e. The third-order valence-corrected chi connectivity index (χ3v) is 2.99. The van der Waals surface area contributed by atoms with Crippen LogP contribution in [0.1, 0.15) is 39.2 Å². The van der Waals surface area contributed by atoms with E-state index in [0.717, 1.165) is 5.56 Å². The van der Waals surface area contributed by atoms with Crippen LogP contribution in [0.5, 0.6) is 5.75 Å². The van der Waals surface area contributed by atoms with Gasteiger partial charge in [-0.15, -0.1) is 0 Å². The summed E-state index contributed by atoms with van der Waals surface area (Å²) in [6, 6.07) is 3.97. The molecule has 24 heavy (non-hydrogen) atoms. The van der Waals surface area contributed by atoms with Gasteiger partial charge < -0.3 is 20.5 Å². The lowest BCUT2D eigenvalue weighted by molar-refractivity contribution is -0.118. The van der Waals surface area contributed by atoms with E-state index in [1.165, 1.54) is 6.07 Å². The Kier molecular flexibility index (Phi) is 7.00. The first-order chi connectivity index (χ1) is 11.1. The van der Waals surface area contributed by atoms with Gasteiger partial charge >= 0.3 is 6.09 Å². The van der Waals surface area contributed by atoms with Crippen LogP contribution in [0, 0.1) is 12.7 Å². The number of hydrogen-bond donors (Lipinski definition) is 2. The molecular weight excluding hydrogens is 315 g/mol. The Labute approximate surface area is 141 Å². The summed E-state index contributed by atoms with van der Waals surface area (Å²) in [4.78, 5) is 22.8. The van der Waals surface area contributed by atoms with E-state index in [2.05, 4.69) is 5.32 Å². The van der Waals surface area contributed by atoms with Gasteiger partial charge in [-0.1, -0.05) is 6.07 Å². The summed E-state index contributed by atoms with van der Waals surface area (Å²) < 4.78 is 24.3. The van der Waals surface area contributed by atoms with Crippen molar-refractivity contribution in [1.29, 1.82) is 0 Å². The molecule has 0 aliphatic rings. The lowest BCUT2D eigenvalue weighted by Crippen LogP contribution is -2.42. The number of amides is 2. The predicted molar refractivity (Wildman–Crippen MR) is 88.2 cm³/mol. The molecule has 2 amide bonds. The lowest BCUT2D eigenvalue weighted by Gasteiger charge is -2.23. The molecule has 0 heterocycles. The van der Waals surface area contributed by atoms with Gasteiger partial charge in [0.1, 0.15) is 12.2 Å². The van der Waals surface area contributed by atoms with Gasteiger partial charge in [0, 0.05) is 6.42 Å². The number of nitrogens with two attached hydrogens (primary N) is 1. The summed E-state index contributed by atoms with van der Waals surface area (Å²) in [5.41, 5.74) is 5.34. The highest BCUT2D eigenvalue weighted by molar-refractivity contribution is 5.74. The minimum atomic E-state index is -0.651. The Balaban J connectivity index is 2.69. The molecule has 0 unspecified atom stereocenters. The molecule has 0 saturated heterocycles. The van der Waals surface area contributed by atoms with E-state index in [4.69, 9.17) is 15.2 Å². The second-order valence-electron chi connectivity index (χ2n) is 6.59. The van der Waals surface area contributed by atoms with E-state index >= 15 is 0 Å². The normalized spacial score (nSPS) is 12.4. The van der Waals surface area contributed by atoms with Gasteiger partial charge in [0.05, 0.1) is 6.04 Å². The first-order valence-corrected chi connectivity index (χ1v) is 7.73. The molecule has 0 bridgehead atoms. The maximum atomic E-state index is 13.7. The first-order valence-electron chi connectivity index (χ1n) is 7.73. The van der Waals surface area contributed by atoms with Crippen LogP contribution in [-0.2, 0) is 9.53 Å². The lowest BCUT2D eigenvalue weighted by atomic mass is 10.1. The fraction of sp³-hybridized carbons (Fsp3) is 0.529. The van der Waals surface area contributed by atoms with Crippen molar-refractivity contribution in [3.63, 3.8) is 0 Å². The van der Waals surface area contributed by atoms with Crippen molar-refractivity contribution in [3.05, 3.63) is 29.6 Å². The summed E-state index contributed by atoms with van der Waals surface area (Å²) in [6.45, 7) is 7.03. The third-order valence-electron chi connectivity index (χ3n) is 2.99. The van der Waals surface area contributed by atoms with E-state index in [0.29, 0.717) is 0 Å². The quantitative estimate of drug-likeness (QED) is 0.798. The average Bonchev–Trinajstić information content (AvgIpc) is 2.43. The highest BCUT2D eigenvalue weighted by atomic mass is 19.1. The zero-order chi connectivity index (χ0) is 18.3. The summed E-state index contributed by atoms with van der Waals surface area (Å²) in [6.07, 6.45) is -0.299. The van der Waals surface area contributed by atoms with Crippen LogP contribution < -0.4 is 15.8 Å². The van der Waals surface area contributed by atoms with Crippen LogP contribution in [0.3, 0.4) is 0 Å².